The van der Waals surface area contributed by atoms with E-state index in [2.05, 4.69) is 17.2 Å². The van der Waals surface area contributed by atoms with Gasteiger partial charge in [0.2, 0.25) is 11.8 Å². The number of allylic oxidation sites excluding steroid dienone is 1. The number of fused-ring (bicyclic) bond motifs is 1. The molecule has 0 aliphatic carbocycles. The van der Waals surface area contributed by atoms with Crippen molar-refractivity contribution in [2.24, 2.45) is 11.3 Å². The van der Waals surface area contributed by atoms with Gasteiger partial charge in [0.1, 0.15) is 23.7 Å². The summed E-state index contributed by atoms with van der Waals surface area (Å²) in [7, 11) is 1.28. The molecule has 228 valence electrons. The van der Waals surface area contributed by atoms with Gasteiger partial charge in [0.15, 0.2) is 0 Å². The number of amides is 3. The molecule has 1 saturated heterocycles. The van der Waals surface area contributed by atoms with Crippen molar-refractivity contribution in [3.05, 3.63) is 60.7 Å². The number of ether oxygens (including phenoxy) is 2. The van der Waals surface area contributed by atoms with Gasteiger partial charge >= 0.3 is 12.1 Å². The van der Waals surface area contributed by atoms with E-state index in [1.165, 1.54) is 12.0 Å². The van der Waals surface area contributed by atoms with Gasteiger partial charge in [0.05, 0.1) is 7.11 Å². The van der Waals surface area contributed by atoms with Gasteiger partial charge in [-0.1, -0.05) is 69.3 Å². The highest BCUT2D eigenvalue weighted by molar-refractivity contribution is 5.94. The minimum Gasteiger partial charge on any atom is -0.467 e. The lowest BCUT2D eigenvalue weighted by atomic mass is 9.85. The van der Waals surface area contributed by atoms with E-state index in [1.807, 2.05) is 63.2 Å². The topological polar surface area (TPSA) is 114 Å². The number of methoxy groups -OCH3 is 1. The normalized spacial score (nSPS) is 18.6. The first-order chi connectivity index (χ1) is 19.6. The fraction of sp³-hybridized carbons (Fsp3) is 0.515. The first-order valence-electron chi connectivity index (χ1n) is 14.4. The third kappa shape index (κ3) is 8.57. The number of benzene rings is 2. The van der Waals surface area contributed by atoms with Crippen LogP contribution in [0.3, 0.4) is 0 Å². The highest BCUT2D eigenvalue weighted by Gasteiger charge is 2.45. The number of nitrogens with one attached hydrogen (secondary N) is 2. The van der Waals surface area contributed by atoms with Gasteiger partial charge < -0.3 is 25.0 Å². The fourth-order valence-electron chi connectivity index (χ4n) is 5.27. The molecule has 9 nitrogen and oxygen atoms in total. The molecule has 4 atom stereocenters. The molecule has 3 rings (SSSR count). The number of likely N-dealkylation sites (tertiary alicyclic amines) is 1. The van der Waals surface area contributed by atoms with Crippen molar-refractivity contribution in [1.29, 1.82) is 0 Å². The van der Waals surface area contributed by atoms with Crippen LogP contribution in [-0.4, -0.2) is 66.2 Å². The first kappa shape index (κ1) is 32.6. The molecule has 2 N–H and O–H groups in total. The Balaban J connectivity index is 1.85. The summed E-state index contributed by atoms with van der Waals surface area (Å²) in [5, 5.41) is 7.69. The highest BCUT2D eigenvalue weighted by Crippen LogP contribution is 2.31. The second kappa shape index (κ2) is 13.4. The number of alkyl carbamates (subject to hydrolysis) is 1. The van der Waals surface area contributed by atoms with Crippen LogP contribution in [0.15, 0.2) is 55.1 Å². The number of carbonyl (C=O) groups excluding carboxylic acids is 4. The lowest BCUT2D eigenvalue weighted by molar-refractivity contribution is -0.147. The van der Waals surface area contributed by atoms with E-state index in [9.17, 15) is 19.2 Å². The standard InChI is InChI=1S/C33H45N3O6/c1-9-12-22-19-26(36(20-22)29(38)27(32(2,3)4)35-31(40)42-33(5,6)7)28(37)34-25(30(39)41-8)18-21-15-16-23-13-10-11-14-24(23)17-21/h9-11,13-17,22,25-27H,1,12,18-20H2,2-8H3,(H,34,37)(H,35,40)/t22?,25-,26?,27+/m0/s1. The predicted molar refractivity (Wildman–Crippen MR) is 163 cm³/mol. The van der Waals surface area contributed by atoms with E-state index in [1.54, 1.807) is 26.8 Å². The molecule has 1 aliphatic heterocycles. The van der Waals surface area contributed by atoms with Gasteiger partial charge in [-0.2, -0.15) is 0 Å². The van der Waals surface area contributed by atoms with E-state index >= 15 is 0 Å². The van der Waals surface area contributed by atoms with Gasteiger partial charge in [-0.15, -0.1) is 6.58 Å². The summed E-state index contributed by atoms with van der Waals surface area (Å²) in [6.07, 6.45) is 2.30. The molecule has 0 aromatic heterocycles. The zero-order valence-electron chi connectivity index (χ0n) is 25.9. The molecule has 1 aliphatic rings. The largest absolute Gasteiger partial charge is 0.467 e. The monoisotopic (exact) mass is 579 g/mol. The van der Waals surface area contributed by atoms with Gasteiger partial charge in [0, 0.05) is 13.0 Å². The van der Waals surface area contributed by atoms with Gasteiger partial charge in [0.25, 0.3) is 0 Å². The summed E-state index contributed by atoms with van der Waals surface area (Å²) in [6, 6.07) is 11.1. The summed E-state index contributed by atoms with van der Waals surface area (Å²) in [5.74, 6) is -1.41. The van der Waals surface area contributed by atoms with Crippen LogP contribution in [0.1, 0.15) is 59.9 Å². The van der Waals surface area contributed by atoms with Crippen LogP contribution in [0, 0.1) is 11.3 Å². The Morgan fingerprint density at radius 2 is 1.69 bits per heavy atom. The zero-order valence-corrected chi connectivity index (χ0v) is 25.9. The maximum atomic E-state index is 14.0. The highest BCUT2D eigenvalue weighted by atomic mass is 16.6. The van der Waals surface area contributed by atoms with Gasteiger partial charge in [-0.05, 0) is 61.3 Å². The van der Waals surface area contributed by atoms with E-state index in [0.717, 1.165) is 16.3 Å². The third-order valence-electron chi connectivity index (χ3n) is 7.30. The van der Waals surface area contributed by atoms with E-state index in [0.29, 0.717) is 19.4 Å². The lowest BCUT2D eigenvalue weighted by Gasteiger charge is -2.36. The molecule has 0 radical (unpaired) electrons. The van der Waals surface area contributed by atoms with E-state index < -0.39 is 47.1 Å². The minimum atomic E-state index is -0.947. The van der Waals surface area contributed by atoms with Crippen molar-refractivity contribution in [3.63, 3.8) is 0 Å². The Kier molecular flexibility index (Phi) is 10.4. The Labute approximate surface area is 249 Å². The molecule has 2 aromatic rings. The van der Waals surface area contributed by atoms with Crippen molar-refractivity contribution in [1.82, 2.24) is 15.5 Å². The van der Waals surface area contributed by atoms with Crippen molar-refractivity contribution in [2.45, 2.75) is 84.5 Å². The first-order valence-corrected chi connectivity index (χ1v) is 14.4. The van der Waals surface area contributed by atoms with Crippen LogP contribution in [0.2, 0.25) is 0 Å². The zero-order chi connectivity index (χ0) is 31.2. The van der Waals surface area contributed by atoms with Crippen LogP contribution in [0.4, 0.5) is 4.79 Å². The fourth-order valence-corrected chi connectivity index (χ4v) is 5.27. The number of hydrogen-bond donors (Lipinski definition) is 2. The molecule has 0 spiro atoms. The second-order valence-electron chi connectivity index (χ2n) is 13.0. The van der Waals surface area contributed by atoms with Crippen molar-refractivity contribution < 1.29 is 28.7 Å². The third-order valence-corrected chi connectivity index (χ3v) is 7.30. The van der Waals surface area contributed by atoms with Crippen LogP contribution >= 0.6 is 0 Å². The summed E-state index contributed by atoms with van der Waals surface area (Å²) >= 11 is 0. The van der Waals surface area contributed by atoms with Crippen molar-refractivity contribution >= 4 is 34.6 Å². The van der Waals surface area contributed by atoms with E-state index in [-0.39, 0.29) is 18.2 Å². The smallest absolute Gasteiger partial charge is 0.408 e. The number of carbonyl (C=O) groups is 4. The Bertz CT molecular complexity index is 1310. The van der Waals surface area contributed by atoms with Gasteiger partial charge in [-0.25, -0.2) is 9.59 Å². The van der Waals surface area contributed by atoms with Gasteiger partial charge in [-0.3, -0.25) is 9.59 Å². The lowest BCUT2D eigenvalue weighted by Crippen LogP contribution is -2.59. The molecule has 3 amide bonds. The van der Waals surface area contributed by atoms with Crippen molar-refractivity contribution in [2.75, 3.05) is 13.7 Å². The molecule has 2 unspecified atom stereocenters. The number of hydrogen-bond acceptors (Lipinski definition) is 6. The summed E-state index contributed by atoms with van der Waals surface area (Å²) in [6.45, 7) is 14.9. The average molecular weight is 580 g/mol. The van der Waals surface area contributed by atoms with Crippen LogP contribution in [0.25, 0.3) is 10.8 Å². The number of esters is 1. The maximum Gasteiger partial charge on any atom is 0.408 e. The number of rotatable bonds is 9. The van der Waals surface area contributed by atoms with Crippen LogP contribution in [0.5, 0.6) is 0 Å². The number of nitrogens with zero attached hydrogens (tertiary/aromatic N) is 1. The summed E-state index contributed by atoms with van der Waals surface area (Å²) in [4.78, 5) is 54.8. The molecule has 0 saturated carbocycles. The van der Waals surface area contributed by atoms with Crippen LogP contribution in [-0.2, 0) is 30.3 Å². The van der Waals surface area contributed by atoms with E-state index in [4.69, 9.17) is 9.47 Å². The molecule has 1 fully saturated rings. The quantitative estimate of drug-likeness (QED) is 0.327. The van der Waals surface area contributed by atoms with Crippen molar-refractivity contribution in [3.8, 4) is 0 Å². The molecule has 0 bridgehead atoms. The Morgan fingerprint density at radius 3 is 2.29 bits per heavy atom. The molecule has 9 heteroatoms. The molecular formula is C33H45N3O6. The molecule has 1 heterocycles. The Hall–Kier alpha value is -3.88. The average Bonchev–Trinajstić information content (AvgIpc) is 3.33. The Morgan fingerprint density at radius 1 is 1.02 bits per heavy atom. The summed E-state index contributed by atoms with van der Waals surface area (Å²) in [5.41, 5.74) is -0.548. The minimum absolute atomic E-state index is 0.00131. The second-order valence-corrected chi connectivity index (χ2v) is 13.0. The molecule has 2 aromatic carbocycles. The summed E-state index contributed by atoms with van der Waals surface area (Å²) < 4.78 is 10.4. The van der Waals surface area contributed by atoms with Crippen LogP contribution < -0.4 is 10.6 Å². The maximum absolute atomic E-state index is 14.0. The predicted octanol–water partition coefficient (Wildman–Crippen LogP) is 4.77. The molecule has 42 heavy (non-hydrogen) atoms. The SMILES string of the molecule is C=CCC1CC(C(=O)N[C@@H](Cc2ccc3ccccc3c2)C(=O)OC)N(C(=O)[C@@H](NC(=O)OC(C)(C)C)C(C)(C)C)C1. The molecular weight excluding hydrogens is 534 g/mol.